The molecule has 0 bridgehead atoms. The molecule has 3 aliphatic heterocycles. The molecule has 0 amide bonds. The molecular weight excluding hydrogens is 495 g/mol. The van der Waals surface area contributed by atoms with Gasteiger partial charge in [-0.25, -0.2) is 0 Å². The van der Waals surface area contributed by atoms with Crippen molar-refractivity contribution in [2.24, 2.45) is 0 Å². The maximum absolute atomic E-state index is 9.16. The van der Waals surface area contributed by atoms with Crippen LogP contribution < -0.4 is 26.2 Å². The molecule has 2 nitrogen and oxygen atoms in total. The number of aryl methyl sites for hydroxylation is 1. The number of anilines is 5. The number of para-hydroxylation sites is 2. The highest BCUT2D eigenvalue weighted by Crippen LogP contribution is 2.63. The van der Waals surface area contributed by atoms with Crippen molar-refractivity contribution in [2.75, 3.05) is 9.80 Å². The van der Waals surface area contributed by atoms with Gasteiger partial charge in [0, 0.05) is 33.9 Å². The number of hydrogen-bond donors (Lipinski definition) is 0. The summed E-state index contributed by atoms with van der Waals surface area (Å²) in [7, 11) is 0. The van der Waals surface area contributed by atoms with Crippen molar-refractivity contribution in [2.45, 2.75) is 63.8 Å². The number of benzene rings is 5. The van der Waals surface area contributed by atoms with Gasteiger partial charge in [0.05, 0.1) is 12.4 Å². The van der Waals surface area contributed by atoms with Gasteiger partial charge in [0.2, 0.25) is 0 Å². The molecule has 5 aromatic rings. The van der Waals surface area contributed by atoms with E-state index < -0.39 is 0 Å². The Hall–Kier alpha value is -3.98. The van der Waals surface area contributed by atoms with Gasteiger partial charge in [-0.3, -0.25) is 0 Å². The smallest absolute Gasteiger partial charge is 0.252 e. The summed E-state index contributed by atoms with van der Waals surface area (Å²) in [6, 6.07) is 22.5. The summed E-state index contributed by atoms with van der Waals surface area (Å²) in [5.74, 6) is 0. The van der Waals surface area contributed by atoms with Crippen LogP contribution in [-0.2, 0) is 11.8 Å². The zero-order valence-corrected chi connectivity index (χ0v) is 23.9. The van der Waals surface area contributed by atoms with Gasteiger partial charge in [-0.05, 0) is 94.8 Å². The summed E-state index contributed by atoms with van der Waals surface area (Å²) >= 11 is 0. The van der Waals surface area contributed by atoms with E-state index in [9.17, 15) is 0 Å². The lowest BCUT2D eigenvalue weighted by Crippen LogP contribution is -2.64. The Kier molecular flexibility index (Phi) is 3.78. The fourth-order valence-corrected chi connectivity index (χ4v) is 9.10. The molecule has 3 heteroatoms. The predicted molar refractivity (Wildman–Crippen MR) is 175 cm³/mol. The van der Waals surface area contributed by atoms with Crippen LogP contribution in [0.2, 0.25) is 0 Å². The largest absolute Gasteiger partial charge is 0.335 e. The summed E-state index contributed by atoms with van der Waals surface area (Å²) < 4.78 is 44.0. The van der Waals surface area contributed by atoms with Crippen molar-refractivity contribution in [1.82, 2.24) is 0 Å². The maximum atomic E-state index is 9.16. The Morgan fingerprint density at radius 3 is 2.46 bits per heavy atom. The molecule has 0 saturated heterocycles. The van der Waals surface area contributed by atoms with E-state index >= 15 is 0 Å². The lowest BCUT2D eigenvalue weighted by atomic mass is 9.32. The van der Waals surface area contributed by atoms with E-state index in [1.807, 2.05) is 4.90 Å². The molecule has 0 N–H and O–H groups in total. The molecule has 0 spiro atoms. The molecule has 9 rings (SSSR count). The molecule has 1 fully saturated rings. The number of hydrogen-bond acceptors (Lipinski definition) is 2. The van der Waals surface area contributed by atoms with E-state index in [1.54, 1.807) is 0 Å². The number of rotatable bonds is 2. The number of fused-ring (bicyclic) bond motifs is 10. The Labute approximate surface area is 250 Å². The van der Waals surface area contributed by atoms with Crippen LogP contribution in [0.15, 0.2) is 96.9 Å². The summed E-state index contributed by atoms with van der Waals surface area (Å²) in [6.07, 6.45) is 5.46. The molecule has 200 valence electrons. The van der Waals surface area contributed by atoms with E-state index in [0.717, 1.165) is 46.9 Å². The first-order valence-corrected chi connectivity index (χ1v) is 15.1. The molecule has 1 saturated carbocycles. The van der Waals surface area contributed by atoms with Gasteiger partial charge in [-0.15, -0.1) is 0 Å². The zero-order valence-electron chi connectivity index (χ0n) is 28.9. The highest BCUT2D eigenvalue weighted by atomic mass is 15.3. The van der Waals surface area contributed by atoms with E-state index in [-0.39, 0.29) is 53.6 Å². The lowest BCUT2D eigenvalue weighted by Gasteiger charge is -2.52. The quantitative estimate of drug-likeness (QED) is 0.209. The van der Waals surface area contributed by atoms with Gasteiger partial charge < -0.3 is 9.80 Å². The minimum absolute atomic E-state index is 0.0520. The van der Waals surface area contributed by atoms with Crippen LogP contribution in [0.1, 0.15) is 64.4 Å². The van der Waals surface area contributed by atoms with Crippen LogP contribution in [0.3, 0.4) is 0 Å². The van der Waals surface area contributed by atoms with Crippen LogP contribution >= 0.6 is 0 Å². The topological polar surface area (TPSA) is 6.48 Å². The SMILES string of the molecule is [2H]c1c([2H])c([2H])c(N2c3cc(CC)c4c5c3B(c3ccccc3N5C3(C)CCCCC43C)c3c2ccc2ccccc32)c([2H])c1[2H]. The maximum Gasteiger partial charge on any atom is 0.252 e. The van der Waals surface area contributed by atoms with Gasteiger partial charge in [0.1, 0.15) is 0 Å². The molecule has 41 heavy (non-hydrogen) atoms. The highest BCUT2D eigenvalue weighted by molar-refractivity contribution is 7.01. The van der Waals surface area contributed by atoms with Crippen LogP contribution in [0, 0.1) is 0 Å². The molecule has 2 atom stereocenters. The third-order valence-electron chi connectivity index (χ3n) is 11.0. The molecule has 0 aromatic heterocycles. The highest BCUT2D eigenvalue weighted by Gasteiger charge is 2.62. The van der Waals surface area contributed by atoms with E-state index in [4.69, 9.17) is 6.85 Å². The lowest BCUT2D eigenvalue weighted by molar-refractivity contribution is 0.194. The standard InChI is InChI=1S/C38H35BN2/c1-4-25-24-32-35-36-33(25)37(2)22-12-13-23-38(37,3)41(36)30-19-11-10-18-29(30)39(35)34-28-17-9-8-14-26(28)20-21-31(34)40(32)27-15-6-5-7-16-27/h5-11,14-21,24H,4,12-13,22-23H2,1-3H3/i5D,6D,7D,15D,16D. The number of nitrogens with zero attached hydrogens (tertiary/aromatic N) is 2. The normalized spacial score (nSPS) is 25.0. The Morgan fingerprint density at radius 1 is 0.829 bits per heavy atom. The van der Waals surface area contributed by atoms with Gasteiger partial charge in [-0.1, -0.05) is 93.3 Å². The molecule has 5 aromatic carbocycles. The van der Waals surface area contributed by atoms with E-state index in [0.29, 0.717) is 0 Å². The van der Waals surface area contributed by atoms with E-state index in [1.165, 1.54) is 46.3 Å². The van der Waals surface area contributed by atoms with E-state index in [2.05, 4.69) is 92.4 Å². The van der Waals surface area contributed by atoms with Gasteiger partial charge in [-0.2, -0.15) is 0 Å². The zero-order chi connectivity index (χ0) is 31.9. The molecular formula is C38H35BN2. The van der Waals surface area contributed by atoms with Crippen molar-refractivity contribution >= 4 is 62.3 Å². The first kappa shape index (κ1) is 19.2. The minimum atomic E-state index is -0.373. The summed E-state index contributed by atoms with van der Waals surface area (Å²) in [5, 5.41) is 2.25. The molecule has 3 heterocycles. The molecule has 2 unspecified atom stereocenters. The van der Waals surface area contributed by atoms with Crippen LogP contribution in [-0.4, -0.2) is 12.3 Å². The van der Waals surface area contributed by atoms with Gasteiger partial charge in [0.25, 0.3) is 6.71 Å². The van der Waals surface area contributed by atoms with Crippen molar-refractivity contribution in [3.63, 3.8) is 0 Å². The Balaban J connectivity index is 1.51. The summed E-state index contributed by atoms with van der Waals surface area (Å²) in [4.78, 5) is 4.67. The molecule has 1 aliphatic carbocycles. The molecule has 0 radical (unpaired) electrons. The van der Waals surface area contributed by atoms with Crippen molar-refractivity contribution in [1.29, 1.82) is 0 Å². The Bertz CT molecular complexity index is 2150. The third-order valence-corrected chi connectivity index (χ3v) is 11.0. The first-order valence-electron chi connectivity index (χ1n) is 17.6. The predicted octanol–water partition coefficient (Wildman–Crippen LogP) is 7.76. The molecule has 4 aliphatic rings. The average molecular weight is 536 g/mol. The fraction of sp³-hybridized carbons (Fsp3) is 0.263. The second kappa shape index (κ2) is 8.06. The summed E-state index contributed by atoms with van der Waals surface area (Å²) in [6.45, 7) is 7.11. The second-order valence-electron chi connectivity index (χ2n) is 12.7. The van der Waals surface area contributed by atoms with Crippen LogP contribution in [0.25, 0.3) is 10.8 Å². The van der Waals surface area contributed by atoms with Crippen LogP contribution in [0.4, 0.5) is 28.4 Å². The van der Waals surface area contributed by atoms with Gasteiger partial charge >= 0.3 is 0 Å². The minimum Gasteiger partial charge on any atom is -0.335 e. The fourth-order valence-electron chi connectivity index (χ4n) is 9.10. The monoisotopic (exact) mass is 535 g/mol. The second-order valence-corrected chi connectivity index (χ2v) is 12.7. The first-order chi connectivity index (χ1) is 22.1. The third kappa shape index (κ3) is 2.76. The Morgan fingerprint density at radius 2 is 1.61 bits per heavy atom. The van der Waals surface area contributed by atoms with Crippen molar-refractivity contribution in [3.05, 3.63) is 108 Å². The van der Waals surface area contributed by atoms with Crippen LogP contribution in [0.5, 0.6) is 0 Å². The van der Waals surface area contributed by atoms with Crippen molar-refractivity contribution < 1.29 is 6.85 Å². The summed E-state index contributed by atoms with van der Waals surface area (Å²) in [5.41, 5.74) is 10.7. The van der Waals surface area contributed by atoms with Gasteiger partial charge in [0.15, 0.2) is 0 Å². The van der Waals surface area contributed by atoms with Crippen molar-refractivity contribution in [3.8, 4) is 0 Å². The average Bonchev–Trinajstić information content (AvgIpc) is 3.30.